The Morgan fingerprint density at radius 3 is 2.45 bits per heavy atom. The summed E-state index contributed by atoms with van der Waals surface area (Å²) in [5, 5.41) is 2.87. The smallest absolute Gasteiger partial charge is 0.253 e. The van der Waals surface area contributed by atoms with Crippen molar-refractivity contribution in [2.75, 3.05) is 13.7 Å². The molecular formula is C17H20N2O3. The Labute approximate surface area is 130 Å². The van der Waals surface area contributed by atoms with Crippen molar-refractivity contribution in [1.29, 1.82) is 0 Å². The van der Waals surface area contributed by atoms with Crippen molar-refractivity contribution in [3.8, 4) is 5.88 Å². The molecule has 5 heteroatoms. The number of benzene rings is 1. The largest absolute Gasteiger partial charge is 0.478 e. The summed E-state index contributed by atoms with van der Waals surface area (Å²) >= 11 is 0. The van der Waals surface area contributed by atoms with E-state index < -0.39 is 0 Å². The van der Waals surface area contributed by atoms with Gasteiger partial charge in [-0.25, -0.2) is 4.98 Å². The summed E-state index contributed by atoms with van der Waals surface area (Å²) in [5.41, 5.74) is 2.65. The molecule has 0 aliphatic rings. The van der Waals surface area contributed by atoms with Gasteiger partial charge in [-0.05, 0) is 24.1 Å². The summed E-state index contributed by atoms with van der Waals surface area (Å²) in [7, 11) is 1.67. The molecule has 2 aromatic rings. The topological polar surface area (TPSA) is 60.5 Å². The Bertz CT molecular complexity index is 594. The highest BCUT2D eigenvalue weighted by molar-refractivity contribution is 5.93. The lowest BCUT2D eigenvalue weighted by molar-refractivity contribution is 0.0950. The number of methoxy groups -OCH3 is 1. The van der Waals surface area contributed by atoms with E-state index in [0.717, 1.165) is 11.1 Å². The maximum absolute atomic E-state index is 12.0. The van der Waals surface area contributed by atoms with Gasteiger partial charge in [0.05, 0.1) is 18.8 Å². The number of ether oxygens (including phenoxy) is 2. The van der Waals surface area contributed by atoms with Gasteiger partial charge in [-0.3, -0.25) is 4.79 Å². The summed E-state index contributed by atoms with van der Waals surface area (Å²) in [5.74, 6) is 0.365. The third-order valence-corrected chi connectivity index (χ3v) is 3.08. The van der Waals surface area contributed by atoms with Gasteiger partial charge in [-0.1, -0.05) is 24.3 Å². The SMILES string of the molecule is CCOc1ccc(C(=O)NCc2ccc(COC)cc2)cn1. The molecule has 0 aliphatic heterocycles. The van der Waals surface area contributed by atoms with Crippen LogP contribution in [0, 0.1) is 0 Å². The summed E-state index contributed by atoms with van der Waals surface area (Å²) in [4.78, 5) is 16.1. The van der Waals surface area contributed by atoms with Crippen LogP contribution in [-0.2, 0) is 17.9 Å². The van der Waals surface area contributed by atoms with E-state index in [2.05, 4.69) is 10.3 Å². The Hall–Kier alpha value is -2.40. The van der Waals surface area contributed by atoms with E-state index in [-0.39, 0.29) is 5.91 Å². The van der Waals surface area contributed by atoms with Crippen molar-refractivity contribution in [2.45, 2.75) is 20.1 Å². The number of aromatic nitrogens is 1. The number of nitrogens with zero attached hydrogens (tertiary/aromatic N) is 1. The van der Waals surface area contributed by atoms with Gasteiger partial charge in [-0.2, -0.15) is 0 Å². The molecule has 5 nitrogen and oxygen atoms in total. The van der Waals surface area contributed by atoms with Gasteiger partial charge < -0.3 is 14.8 Å². The number of hydrogen-bond donors (Lipinski definition) is 1. The summed E-state index contributed by atoms with van der Waals surface area (Å²) in [6, 6.07) is 11.3. The lowest BCUT2D eigenvalue weighted by Crippen LogP contribution is -2.22. The summed E-state index contributed by atoms with van der Waals surface area (Å²) in [6.45, 7) is 3.50. The minimum atomic E-state index is -0.156. The summed E-state index contributed by atoms with van der Waals surface area (Å²) in [6.07, 6.45) is 1.52. The molecule has 0 atom stereocenters. The van der Waals surface area contributed by atoms with E-state index in [1.165, 1.54) is 6.20 Å². The highest BCUT2D eigenvalue weighted by Crippen LogP contribution is 2.08. The number of nitrogens with one attached hydrogen (secondary N) is 1. The monoisotopic (exact) mass is 300 g/mol. The third-order valence-electron chi connectivity index (χ3n) is 3.08. The van der Waals surface area contributed by atoms with Crippen LogP contribution in [0.3, 0.4) is 0 Å². The molecule has 0 fully saturated rings. The predicted octanol–water partition coefficient (Wildman–Crippen LogP) is 2.56. The van der Waals surface area contributed by atoms with Gasteiger partial charge in [0.15, 0.2) is 0 Å². The Morgan fingerprint density at radius 1 is 1.14 bits per heavy atom. The van der Waals surface area contributed by atoms with E-state index in [0.29, 0.717) is 31.2 Å². The maximum atomic E-state index is 12.0. The number of carbonyl (C=O) groups is 1. The van der Waals surface area contributed by atoms with Gasteiger partial charge in [0.25, 0.3) is 5.91 Å². The standard InChI is InChI=1S/C17H20N2O3/c1-3-22-16-9-8-15(11-18-16)17(20)19-10-13-4-6-14(7-5-13)12-21-2/h4-9,11H,3,10,12H2,1-2H3,(H,19,20). The number of carbonyl (C=O) groups excluding carboxylic acids is 1. The number of hydrogen-bond acceptors (Lipinski definition) is 4. The van der Waals surface area contributed by atoms with Crippen LogP contribution >= 0.6 is 0 Å². The van der Waals surface area contributed by atoms with Crippen molar-refractivity contribution < 1.29 is 14.3 Å². The maximum Gasteiger partial charge on any atom is 0.253 e. The second-order valence-electron chi connectivity index (χ2n) is 4.75. The minimum absolute atomic E-state index is 0.156. The lowest BCUT2D eigenvalue weighted by atomic mass is 10.1. The van der Waals surface area contributed by atoms with E-state index in [1.807, 2.05) is 31.2 Å². The van der Waals surface area contributed by atoms with Crippen molar-refractivity contribution in [3.63, 3.8) is 0 Å². The van der Waals surface area contributed by atoms with Crippen LogP contribution in [0.15, 0.2) is 42.6 Å². The minimum Gasteiger partial charge on any atom is -0.478 e. The fourth-order valence-corrected chi connectivity index (χ4v) is 1.95. The molecule has 1 amide bonds. The molecule has 1 N–H and O–H groups in total. The number of pyridine rings is 1. The molecule has 1 aromatic heterocycles. The molecule has 0 unspecified atom stereocenters. The van der Waals surface area contributed by atoms with Gasteiger partial charge in [-0.15, -0.1) is 0 Å². The van der Waals surface area contributed by atoms with Crippen LogP contribution in [0.1, 0.15) is 28.4 Å². The van der Waals surface area contributed by atoms with Crippen LogP contribution in [0.25, 0.3) is 0 Å². The first-order valence-electron chi connectivity index (χ1n) is 7.16. The molecule has 0 radical (unpaired) electrons. The molecule has 2 rings (SSSR count). The fraction of sp³-hybridized carbons (Fsp3) is 0.294. The molecule has 0 saturated carbocycles. The highest BCUT2D eigenvalue weighted by atomic mass is 16.5. The molecule has 22 heavy (non-hydrogen) atoms. The van der Waals surface area contributed by atoms with Crippen molar-refractivity contribution in [2.24, 2.45) is 0 Å². The van der Waals surface area contributed by atoms with E-state index in [1.54, 1.807) is 19.2 Å². The van der Waals surface area contributed by atoms with Crippen LogP contribution in [0.4, 0.5) is 0 Å². The van der Waals surface area contributed by atoms with Crippen molar-refractivity contribution in [1.82, 2.24) is 10.3 Å². The van der Waals surface area contributed by atoms with Crippen LogP contribution in [0.2, 0.25) is 0 Å². The molecule has 0 aliphatic carbocycles. The first-order valence-corrected chi connectivity index (χ1v) is 7.16. The van der Waals surface area contributed by atoms with Gasteiger partial charge in [0.1, 0.15) is 0 Å². The molecule has 116 valence electrons. The molecule has 0 spiro atoms. The Morgan fingerprint density at radius 2 is 1.86 bits per heavy atom. The average Bonchev–Trinajstić information content (AvgIpc) is 2.55. The molecule has 1 aromatic carbocycles. The van der Waals surface area contributed by atoms with Gasteiger partial charge in [0.2, 0.25) is 5.88 Å². The zero-order valence-electron chi connectivity index (χ0n) is 12.8. The van der Waals surface area contributed by atoms with Gasteiger partial charge in [0, 0.05) is 25.9 Å². The zero-order chi connectivity index (χ0) is 15.8. The lowest BCUT2D eigenvalue weighted by Gasteiger charge is -2.07. The third kappa shape index (κ3) is 4.56. The Balaban J connectivity index is 1.88. The highest BCUT2D eigenvalue weighted by Gasteiger charge is 2.06. The Kier molecular flexibility index (Phi) is 5.91. The van der Waals surface area contributed by atoms with Crippen LogP contribution in [-0.4, -0.2) is 24.6 Å². The number of amides is 1. The molecular weight excluding hydrogens is 280 g/mol. The average molecular weight is 300 g/mol. The first-order chi connectivity index (χ1) is 10.7. The predicted molar refractivity (Wildman–Crippen MR) is 83.7 cm³/mol. The normalized spacial score (nSPS) is 10.3. The quantitative estimate of drug-likeness (QED) is 0.853. The zero-order valence-corrected chi connectivity index (χ0v) is 12.8. The molecule has 0 saturated heterocycles. The van der Waals surface area contributed by atoms with Crippen molar-refractivity contribution in [3.05, 3.63) is 59.3 Å². The molecule has 0 bridgehead atoms. The first kappa shape index (κ1) is 16.0. The van der Waals surface area contributed by atoms with E-state index >= 15 is 0 Å². The van der Waals surface area contributed by atoms with E-state index in [4.69, 9.17) is 9.47 Å². The molecule has 1 heterocycles. The van der Waals surface area contributed by atoms with E-state index in [9.17, 15) is 4.79 Å². The second-order valence-corrected chi connectivity index (χ2v) is 4.75. The van der Waals surface area contributed by atoms with Crippen LogP contribution in [0.5, 0.6) is 5.88 Å². The second kappa shape index (κ2) is 8.14. The fourth-order valence-electron chi connectivity index (χ4n) is 1.95. The van der Waals surface area contributed by atoms with Gasteiger partial charge >= 0.3 is 0 Å². The van der Waals surface area contributed by atoms with Crippen molar-refractivity contribution >= 4 is 5.91 Å². The van der Waals surface area contributed by atoms with Crippen LogP contribution < -0.4 is 10.1 Å². The summed E-state index contributed by atoms with van der Waals surface area (Å²) < 4.78 is 10.3. The number of rotatable bonds is 7.